The SMILES string of the molecule is CC[C@@H](O)[C@H](CC)[Se]c1ccccc1. The Morgan fingerprint density at radius 2 is 1.79 bits per heavy atom. The van der Waals surface area contributed by atoms with Gasteiger partial charge < -0.3 is 0 Å². The number of hydrogen-bond donors (Lipinski definition) is 1. The van der Waals surface area contributed by atoms with E-state index in [1.807, 2.05) is 6.07 Å². The van der Waals surface area contributed by atoms with Crippen LogP contribution in [-0.4, -0.2) is 26.2 Å². The Morgan fingerprint density at radius 3 is 2.29 bits per heavy atom. The first-order valence-electron chi connectivity index (χ1n) is 5.17. The summed E-state index contributed by atoms with van der Waals surface area (Å²) in [4.78, 5) is 0.468. The topological polar surface area (TPSA) is 20.2 Å². The van der Waals surface area contributed by atoms with Gasteiger partial charge in [0.05, 0.1) is 0 Å². The van der Waals surface area contributed by atoms with Crippen molar-refractivity contribution >= 4 is 19.4 Å². The molecule has 1 nitrogen and oxygen atoms in total. The Balaban J connectivity index is 2.57. The predicted octanol–water partition coefficient (Wildman–Crippen LogP) is 1.99. The summed E-state index contributed by atoms with van der Waals surface area (Å²) in [5, 5.41) is 9.79. The first-order chi connectivity index (χ1) is 6.77. The zero-order chi connectivity index (χ0) is 10.4. The molecule has 0 radical (unpaired) electrons. The molecule has 0 aromatic heterocycles. The third kappa shape index (κ3) is 3.45. The predicted molar refractivity (Wildman–Crippen MR) is 62.2 cm³/mol. The van der Waals surface area contributed by atoms with Gasteiger partial charge in [0, 0.05) is 0 Å². The molecule has 14 heavy (non-hydrogen) atoms. The fourth-order valence-corrected chi connectivity index (χ4v) is 3.85. The van der Waals surface area contributed by atoms with Gasteiger partial charge >= 0.3 is 92.5 Å². The molecule has 1 N–H and O–H groups in total. The molecule has 0 saturated heterocycles. The maximum atomic E-state index is 9.79. The van der Waals surface area contributed by atoms with Gasteiger partial charge in [-0.05, 0) is 0 Å². The van der Waals surface area contributed by atoms with Crippen LogP contribution < -0.4 is 4.46 Å². The molecule has 0 fully saturated rings. The van der Waals surface area contributed by atoms with Crippen molar-refractivity contribution in [1.29, 1.82) is 0 Å². The molecule has 0 aliphatic carbocycles. The third-order valence-electron chi connectivity index (χ3n) is 2.28. The van der Waals surface area contributed by atoms with E-state index < -0.39 is 0 Å². The average molecular weight is 257 g/mol. The second-order valence-electron chi connectivity index (χ2n) is 3.35. The van der Waals surface area contributed by atoms with E-state index in [0.29, 0.717) is 19.8 Å². The number of hydrogen-bond acceptors (Lipinski definition) is 1. The van der Waals surface area contributed by atoms with Gasteiger partial charge in [0.25, 0.3) is 0 Å². The van der Waals surface area contributed by atoms with E-state index in [-0.39, 0.29) is 6.10 Å². The van der Waals surface area contributed by atoms with E-state index in [2.05, 4.69) is 38.1 Å². The van der Waals surface area contributed by atoms with Crippen molar-refractivity contribution in [3.8, 4) is 0 Å². The Kier molecular flexibility index (Phi) is 5.24. The van der Waals surface area contributed by atoms with Crippen molar-refractivity contribution < 1.29 is 5.11 Å². The zero-order valence-electron chi connectivity index (χ0n) is 8.81. The molecule has 0 heterocycles. The third-order valence-corrected chi connectivity index (χ3v) is 5.42. The summed E-state index contributed by atoms with van der Waals surface area (Å²) >= 11 is 0.408. The number of aliphatic hydroxyl groups is 1. The van der Waals surface area contributed by atoms with E-state index in [9.17, 15) is 5.11 Å². The molecule has 1 aromatic rings. The molecule has 78 valence electrons. The first kappa shape index (κ1) is 11.8. The van der Waals surface area contributed by atoms with Crippen LogP contribution in [0.3, 0.4) is 0 Å². The maximum absolute atomic E-state index is 9.79. The van der Waals surface area contributed by atoms with Gasteiger partial charge in [-0.3, -0.25) is 0 Å². The van der Waals surface area contributed by atoms with Gasteiger partial charge in [0.2, 0.25) is 0 Å². The summed E-state index contributed by atoms with van der Waals surface area (Å²) in [7, 11) is 0. The van der Waals surface area contributed by atoms with E-state index in [0.717, 1.165) is 12.8 Å². The minimum atomic E-state index is -0.125. The van der Waals surface area contributed by atoms with Gasteiger partial charge in [-0.2, -0.15) is 0 Å². The van der Waals surface area contributed by atoms with Crippen LogP contribution in [0.4, 0.5) is 0 Å². The van der Waals surface area contributed by atoms with Crippen LogP contribution in [-0.2, 0) is 0 Å². The Bertz CT molecular complexity index is 248. The zero-order valence-corrected chi connectivity index (χ0v) is 10.5. The monoisotopic (exact) mass is 258 g/mol. The second-order valence-corrected chi connectivity index (χ2v) is 6.11. The molecule has 0 spiro atoms. The molecular formula is C12H18OSe. The summed E-state index contributed by atoms with van der Waals surface area (Å²) in [6, 6.07) is 10.5. The second kappa shape index (κ2) is 6.23. The van der Waals surface area contributed by atoms with Crippen molar-refractivity contribution in [1.82, 2.24) is 0 Å². The van der Waals surface area contributed by atoms with Crippen LogP contribution in [0.5, 0.6) is 0 Å². The summed E-state index contributed by atoms with van der Waals surface area (Å²) in [6.07, 6.45) is 1.82. The van der Waals surface area contributed by atoms with Gasteiger partial charge in [-0.15, -0.1) is 0 Å². The molecule has 0 saturated carbocycles. The molecule has 1 aromatic carbocycles. The van der Waals surface area contributed by atoms with Crippen LogP contribution in [0.25, 0.3) is 0 Å². The van der Waals surface area contributed by atoms with Gasteiger partial charge in [0.15, 0.2) is 0 Å². The van der Waals surface area contributed by atoms with Crippen molar-refractivity contribution in [2.75, 3.05) is 0 Å². The minimum absolute atomic E-state index is 0.125. The molecular weight excluding hydrogens is 239 g/mol. The van der Waals surface area contributed by atoms with Gasteiger partial charge in [-0.1, -0.05) is 0 Å². The van der Waals surface area contributed by atoms with Crippen LogP contribution in [0.15, 0.2) is 30.3 Å². The molecule has 1 rings (SSSR count). The van der Waals surface area contributed by atoms with Crippen LogP contribution in [0.2, 0.25) is 4.82 Å². The molecule has 0 amide bonds. The van der Waals surface area contributed by atoms with E-state index >= 15 is 0 Å². The molecule has 2 heteroatoms. The van der Waals surface area contributed by atoms with Crippen molar-refractivity contribution in [3.05, 3.63) is 30.3 Å². The molecule has 0 aliphatic rings. The van der Waals surface area contributed by atoms with Crippen molar-refractivity contribution in [3.63, 3.8) is 0 Å². The first-order valence-corrected chi connectivity index (χ1v) is 7.02. The fourth-order valence-electron chi connectivity index (χ4n) is 1.37. The normalized spacial score (nSPS) is 15.1. The number of aliphatic hydroxyl groups excluding tert-OH is 1. The molecule has 0 unspecified atom stereocenters. The summed E-state index contributed by atoms with van der Waals surface area (Å²) < 4.78 is 1.39. The van der Waals surface area contributed by atoms with E-state index in [1.54, 1.807) is 0 Å². The standard InChI is InChI=1S/C12H18OSe/c1-3-11(13)12(4-2)14-10-8-6-5-7-9-10/h5-9,11-13H,3-4H2,1-2H3/t11-,12+/m1/s1. The van der Waals surface area contributed by atoms with E-state index in [1.165, 1.54) is 4.46 Å². The Labute approximate surface area is 92.7 Å². The fraction of sp³-hybridized carbons (Fsp3) is 0.500. The average Bonchev–Trinajstić information content (AvgIpc) is 2.26. The van der Waals surface area contributed by atoms with E-state index in [4.69, 9.17) is 0 Å². The molecule has 0 bridgehead atoms. The van der Waals surface area contributed by atoms with Crippen LogP contribution in [0, 0.1) is 0 Å². The molecule has 2 atom stereocenters. The van der Waals surface area contributed by atoms with Gasteiger partial charge in [-0.25, -0.2) is 0 Å². The number of rotatable bonds is 5. The Morgan fingerprint density at radius 1 is 1.14 bits per heavy atom. The summed E-state index contributed by atoms with van der Waals surface area (Å²) in [6.45, 7) is 4.21. The van der Waals surface area contributed by atoms with Gasteiger partial charge in [0.1, 0.15) is 0 Å². The number of benzene rings is 1. The summed E-state index contributed by atoms with van der Waals surface area (Å²) in [5.74, 6) is 0. The van der Waals surface area contributed by atoms with Crippen molar-refractivity contribution in [2.24, 2.45) is 0 Å². The Hall–Kier alpha value is -0.301. The van der Waals surface area contributed by atoms with Crippen LogP contribution >= 0.6 is 0 Å². The summed E-state index contributed by atoms with van der Waals surface area (Å²) in [5.41, 5.74) is 0. The van der Waals surface area contributed by atoms with Crippen molar-refractivity contribution in [2.45, 2.75) is 37.6 Å². The molecule has 0 aliphatic heterocycles. The van der Waals surface area contributed by atoms with Crippen LogP contribution in [0.1, 0.15) is 26.7 Å². The quantitative estimate of drug-likeness (QED) is 0.800.